The minimum Gasteiger partial charge on any atom is -0.387 e. The number of para-hydroxylation sites is 1. The van der Waals surface area contributed by atoms with Gasteiger partial charge >= 0.3 is 0 Å². The van der Waals surface area contributed by atoms with Crippen LogP contribution in [-0.2, 0) is 9.53 Å². The maximum atomic E-state index is 12.1. The van der Waals surface area contributed by atoms with Crippen LogP contribution in [0.5, 0.6) is 0 Å². The van der Waals surface area contributed by atoms with Gasteiger partial charge in [0.1, 0.15) is 17.7 Å². The summed E-state index contributed by atoms with van der Waals surface area (Å²) in [6, 6.07) is 10.5. The first-order valence-corrected chi connectivity index (χ1v) is 7.00. The molecule has 0 aromatic heterocycles. The van der Waals surface area contributed by atoms with Crippen LogP contribution < -0.4 is 10.6 Å². The second-order valence-electron chi connectivity index (χ2n) is 4.82. The molecule has 22 heavy (non-hydrogen) atoms. The largest absolute Gasteiger partial charge is 0.387 e. The van der Waals surface area contributed by atoms with Crippen LogP contribution in [0.25, 0.3) is 0 Å². The zero-order chi connectivity index (χ0) is 15.8. The number of amides is 1. The number of nitriles is 2. The molecule has 1 aliphatic rings. The molecule has 1 aromatic rings. The summed E-state index contributed by atoms with van der Waals surface area (Å²) in [5.74, 6) is -0.551. The SMILES string of the molecule is N#C/C(=C/NCC1CCCO1)C(=O)Nc1ccccc1C#N. The number of nitrogens with one attached hydrogen (secondary N) is 2. The summed E-state index contributed by atoms with van der Waals surface area (Å²) >= 11 is 0. The summed E-state index contributed by atoms with van der Waals surface area (Å²) in [6.45, 7) is 1.32. The van der Waals surface area contributed by atoms with Crippen molar-refractivity contribution in [3.8, 4) is 12.1 Å². The summed E-state index contributed by atoms with van der Waals surface area (Å²) in [6.07, 6.45) is 3.52. The third-order valence-electron chi connectivity index (χ3n) is 3.28. The molecule has 0 spiro atoms. The third kappa shape index (κ3) is 4.08. The van der Waals surface area contributed by atoms with Crippen molar-refractivity contribution in [2.45, 2.75) is 18.9 Å². The van der Waals surface area contributed by atoms with E-state index in [1.165, 1.54) is 6.20 Å². The number of benzene rings is 1. The molecule has 0 bridgehead atoms. The smallest absolute Gasteiger partial charge is 0.267 e. The zero-order valence-corrected chi connectivity index (χ0v) is 12.0. The second kappa shape index (κ2) is 7.82. The van der Waals surface area contributed by atoms with E-state index in [1.54, 1.807) is 24.3 Å². The Morgan fingerprint density at radius 3 is 2.91 bits per heavy atom. The monoisotopic (exact) mass is 296 g/mol. The van der Waals surface area contributed by atoms with Crippen molar-refractivity contribution in [1.29, 1.82) is 10.5 Å². The van der Waals surface area contributed by atoms with Crippen molar-refractivity contribution in [1.82, 2.24) is 5.32 Å². The van der Waals surface area contributed by atoms with Gasteiger partial charge in [-0.15, -0.1) is 0 Å². The first-order valence-electron chi connectivity index (χ1n) is 7.00. The van der Waals surface area contributed by atoms with E-state index >= 15 is 0 Å². The lowest BCUT2D eigenvalue weighted by Crippen LogP contribution is -2.24. The fraction of sp³-hybridized carbons (Fsp3) is 0.312. The van der Waals surface area contributed by atoms with Crippen molar-refractivity contribution >= 4 is 11.6 Å². The average Bonchev–Trinajstić information content (AvgIpc) is 3.05. The van der Waals surface area contributed by atoms with Gasteiger partial charge in [-0.05, 0) is 25.0 Å². The number of carbonyl (C=O) groups is 1. The van der Waals surface area contributed by atoms with Crippen molar-refractivity contribution in [2.75, 3.05) is 18.5 Å². The Balaban J connectivity index is 1.96. The molecule has 112 valence electrons. The Labute approximate surface area is 129 Å². The molecule has 6 nitrogen and oxygen atoms in total. The van der Waals surface area contributed by atoms with Crippen LogP contribution in [0.1, 0.15) is 18.4 Å². The van der Waals surface area contributed by atoms with Crippen LogP contribution in [0.4, 0.5) is 5.69 Å². The fourth-order valence-electron chi connectivity index (χ4n) is 2.13. The van der Waals surface area contributed by atoms with Crippen LogP contribution in [0.2, 0.25) is 0 Å². The molecule has 0 aliphatic carbocycles. The molecule has 1 saturated heterocycles. The molecule has 1 heterocycles. The molecule has 1 unspecified atom stereocenters. The molecule has 1 aromatic carbocycles. The van der Waals surface area contributed by atoms with Crippen LogP contribution >= 0.6 is 0 Å². The zero-order valence-electron chi connectivity index (χ0n) is 12.0. The Kier molecular flexibility index (Phi) is 5.53. The number of rotatable bonds is 5. The maximum Gasteiger partial charge on any atom is 0.267 e. The van der Waals surface area contributed by atoms with Crippen molar-refractivity contribution < 1.29 is 9.53 Å². The van der Waals surface area contributed by atoms with Gasteiger partial charge in [0.25, 0.3) is 5.91 Å². The van der Waals surface area contributed by atoms with Gasteiger partial charge in [0.05, 0.1) is 17.4 Å². The quantitative estimate of drug-likeness (QED) is 0.636. The number of nitrogens with zero attached hydrogens (tertiary/aromatic N) is 2. The molecular formula is C16H16N4O2. The van der Waals surface area contributed by atoms with E-state index in [1.807, 2.05) is 12.1 Å². The molecule has 0 radical (unpaired) electrons. The maximum absolute atomic E-state index is 12.1. The highest BCUT2D eigenvalue weighted by Crippen LogP contribution is 2.14. The van der Waals surface area contributed by atoms with Crippen LogP contribution in [0, 0.1) is 22.7 Å². The lowest BCUT2D eigenvalue weighted by molar-refractivity contribution is -0.112. The molecule has 2 rings (SSSR count). The van der Waals surface area contributed by atoms with Gasteiger partial charge in [0, 0.05) is 19.4 Å². The minimum absolute atomic E-state index is 0.0502. The van der Waals surface area contributed by atoms with Crippen LogP contribution in [0.15, 0.2) is 36.0 Å². The van der Waals surface area contributed by atoms with Gasteiger partial charge in [-0.25, -0.2) is 0 Å². The van der Waals surface area contributed by atoms with E-state index in [0.717, 1.165) is 19.4 Å². The number of ether oxygens (including phenoxy) is 1. The summed E-state index contributed by atoms with van der Waals surface area (Å²) < 4.78 is 5.44. The summed E-state index contributed by atoms with van der Waals surface area (Å²) in [4.78, 5) is 12.1. The van der Waals surface area contributed by atoms with E-state index < -0.39 is 5.91 Å². The molecule has 1 fully saturated rings. The average molecular weight is 296 g/mol. The van der Waals surface area contributed by atoms with Gasteiger partial charge in [-0.3, -0.25) is 4.79 Å². The van der Waals surface area contributed by atoms with Gasteiger partial charge in [-0.1, -0.05) is 12.1 Å². The molecular weight excluding hydrogens is 280 g/mol. The fourth-order valence-corrected chi connectivity index (χ4v) is 2.13. The first-order chi connectivity index (χ1) is 10.7. The molecule has 0 saturated carbocycles. The van der Waals surface area contributed by atoms with E-state index in [4.69, 9.17) is 15.3 Å². The number of carbonyl (C=O) groups excluding carboxylic acids is 1. The molecule has 1 amide bonds. The Bertz CT molecular complexity index is 649. The number of anilines is 1. The van der Waals surface area contributed by atoms with E-state index in [2.05, 4.69) is 10.6 Å². The van der Waals surface area contributed by atoms with Gasteiger partial charge in [-0.2, -0.15) is 10.5 Å². The lowest BCUT2D eigenvalue weighted by atomic mass is 10.2. The van der Waals surface area contributed by atoms with Gasteiger partial charge < -0.3 is 15.4 Å². The summed E-state index contributed by atoms with van der Waals surface area (Å²) in [7, 11) is 0. The van der Waals surface area contributed by atoms with E-state index in [-0.39, 0.29) is 11.7 Å². The lowest BCUT2D eigenvalue weighted by Gasteiger charge is -2.09. The normalized spacial score (nSPS) is 17.4. The second-order valence-corrected chi connectivity index (χ2v) is 4.82. The summed E-state index contributed by atoms with van der Waals surface area (Å²) in [5, 5.41) is 23.6. The van der Waals surface area contributed by atoms with Crippen molar-refractivity contribution in [3.63, 3.8) is 0 Å². The molecule has 6 heteroatoms. The minimum atomic E-state index is -0.551. The topological polar surface area (TPSA) is 97.9 Å². The Morgan fingerprint density at radius 1 is 1.41 bits per heavy atom. The first kappa shape index (κ1) is 15.6. The van der Waals surface area contributed by atoms with Crippen LogP contribution in [0.3, 0.4) is 0 Å². The van der Waals surface area contributed by atoms with Crippen LogP contribution in [-0.4, -0.2) is 25.2 Å². The van der Waals surface area contributed by atoms with Gasteiger partial charge in [0.15, 0.2) is 0 Å². The predicted molar refractivity (Wildman–Crippen MR) is 80.5 cm³/mol. The Morgan fingerprint density at radius 2 is 2.23 bits per heavy atom. The third-order valence-corrected chi connectivity index (χ3v) is 3.28. The predicted octanol–water partition coefficient (Wildman–Crippen LogP) is 1.67. The highest BCUT2D eigenvalue weighted by molar-refractivity contribution is 6.07. The summed E-state index contributed by atoms with van der Waals surface area (Å²) in [5.41, 5.74) is 0.682. The highest BCUT2D eigenvalue weighted by Gasteiger charge is 2.15. The van der Waals surface area contributed by atoms with E-state index in [9.17, 15) is 4.79 Å². The molecule has 1 atom stereocenters. The van der Waals surface area contributed by atoms with E-state index in [0.29, 0.717) is 17.8 Å². The van der Waals surface area contributed by atoms with Gasteiger partial charge in [0.2, 0.25) is 0 Å². The molecule has 1 aliphatic heterocycles. The number of hydrogen-bond acceptors (Lipinski definition) is 5. The molecule has 2 N–H and O–H groups in total. The number of hydrogen-bond donors (Lipinski definition) is 2. The highest BCUT2D eigenvalue weighted by atomic mass is 16.5. The van der Waals surface area contributed by atoms with Crippen molar-refractivity contribution in [2.24, 2.45) is 0 Å². The Hall–Kier alpha value is -2.83. The van der Waals surface area contributed by atoms with Crippen molar-refractivity contribution in [3.05, 3.63) is 41.6 Å². The standard InChI is InChI=1S/C16H16N4O2/c17-8-12-4-1-2-6-15(12)20-16(21)13(9-18)10-19-11-14-5-3-7-22-14/h1-2,4,6,10,14,19H,3,5,7,11H2,(H,20,21)/b13-10-.